The summed E-state index contributed by atoms with van der Waals surface area (Å²) in [7, 11) is 0. The van der Waals surface area contributed by atoms with E-state index in [0.29, 0.717) is 16.9 Å². The Bertz CT molecular complexity index is 555. The molecular formula is C14H19NO3S2. The SMILES string of the molecule is CCC=CCC=Cc1sc(=S)n(CCCC(=O)O)c1O. The maximum absolute atomic E-state index is 10.5. The quantitative estimate of drug-likeness (QED) is 0.557. The topological polar surface area (TPSA) is 62.5 Å². The van der Waals surface area contributed by atoms with Crippen LogP contribution < -0.4 is 0 Å². The Kier molecular flexibility index (Phi) is 7.25. The number of thiazole rings is 1. The Labute approximate surface area is 127 Å². The molecule has 0 aliphatic rings. The summed E-state index contributed by atoms with van der Waals surface area (Å²) in [5.74, 6) is -0.713. The summed E-state index contributed by atoms with van der Waals surface area (Å²) in [5.41, 5.74) is 0. The van der Waals surface area contributed by atoms with Crippen LogP contribution in [0.1, 0.15) is 37.5 Å². The lowest BCUT2D eigenvalue weighted by molar-refractivity contribution is -0.137. The molecule has 0 saturated carbocycles. The molecule has 0 saturated heterocycles. The van der Waals surface area contributed by atoms with E-state index >= 15 is 0 Å². The first kappa shape index (κ1) is 16.7. The minimum Gasteiger partial charge on any atom is -0.493 e. The van der Waals surface area contributed by atoms with Crippen LogP contribution in [0.25, 0.3) is 6.08 Å². The molecule has 4 nitrogen and oxygen atoms in total. The molecule has 0 aliphatic heterocycles. The fraction of sp³-hybridized carbons (Fsp3) is 0.429. The van der Waals surface area contributed by atoms with E-state index in [2.05, 4.69) is 19.1 Å². The Balaban J connectivity index is 2.68. The van der Waals surface area contributed by atoms with Crippen LogP contribution in [0.15, 0.2) is 18.2 Å². The molecule has 20 heavy (non-hydrogen) atoms. The first-order chi connectivity index (χ1) is 9.56. The molecule has 0 unspecified atom stereocenters. The van der Waals surface area contributed by atoms with Crippen LogP contribution in [0.4, 0.5) is 0 Å². The van der Waals surface area contributed by atoms with E-state index < -0.39 is 5.97 Å². The number of carboxylic acids is 1. The van der Waals surface area contributed by atoms with Gasteiger partial charge >= 0.3 is 5.97 Å². The van der Waals surface area contributed by atoms with Gasteiger partial charge in [0.25, 0.3) is 0 Å². The van der Waals surface area contributed by atoms with Crippen molar-refractivity contribution in [2.75, 3.05) is 0 Å². The fourth-order valence-electron chi connectivity index (χ4n) is 1.62. The number of carboxylic acid groups (broad SMARTS) is 1. The number of hydrogen-bond acceptors (Lipinski definition) is 4. The molecule has 6 heteroatoms. The van der Waals surface area contributed by atoms with Crippen molar-refractivity contribution in [2.24, 2.45) is 0 Å². The van der Waals surface area contributed by atoms with Gasteiger partial charge < -0.3 is 10.2 Å². The molecule has 1 heterocycles. The lowest BCUT2D eigenvalue weighted by atomic mass is 10.3. The molecule has 1 aromatic heterocycles. The number of allylic oxidation sites excluding steroid dienone is 3. The number of rotatable bonds is 8. The lowest BCUT2D eigenvalue weighted by Crippen LogP contribution is -2.01. The van der Waals surface area contributed by atoms with Crippen LogP contribution in [-0.2, 0) is 11.3 Å². The number of carbonyl (C=O) groups is 1. The lowest BCUT2D eigenvalue weighted by Gasteiger charge is -2.02. The van der Waals surface area contributed by atoms with Gasteiger partial charge in [-0.2, -0.15) is 0 Å². The van der Waals surface area contributed by atoms with Gasteiger partial charge in [-0.3, -0.25) is 9.36 Å². The monoisotopic (exact) mass is 313 g/mol. The number of aliphatic carboxylic acids is 1. The van der Waals surface area contributed by atoms with Crippen molar-refractivity contribution >= 4 is 35.6 Å². The molecule has 0 fully saturated rings. The van der Waals surface area contributed by atoms with E-state index in [-0.39, 0.29) is 12.3 Å². The standard InChI is InChI=1S/C14H19NO3S2/c1-2-3-4-5-6-8-11-13(18)15(14(19)20-11)10-7-9-12(16)17/h3-4,6,8,18H,2,5,7,9-10H2,1H3,(H,16,17). The van der Waals surface area contributed by atoms with Gasteiger partial charge in [-0.05, 0) is 37.6 Å². The van der Waals surface area contributed by atoms with E-state index in [0.717, 1.165) is 17.7 Å². The summed E-state index contributed by atoms with van der Waals surface area (Å²) >= 11 is 6.52. The third-order valence-electron chi connectivity index (χ3n) is 2.61. The Morgan fingerprint density at radius 3 is 2.80 bits per heavy atom. The average Bonchev–Trinajstić information content (AvgIpc) is 2.65. The molecule has 0 aliphatic carbocycles. The van der Waals surface area contributed by atoms with Crippen molar-refractivity contribution in [2.45, 2.75) is 39.2 Å². The highest BCUT2D eigenvalue weighted by Gasteiger charge is 2.09. The summed E-state index contributed by atoms with van der Waals surface area (Å²) < 4.78 is 2.15. The summed E-state index contributed by atoms with van der Waals surface area (Å²) in [5, 5.41) is 18.7. The minimum absolute atomic E-state index is 0.0735. The van der Waals surface area contributed by atoms with Gasteiger partial charge in [0.1, 0.15) is 0 Å². The fourth-order valence-corrected chi connectivity index (χ4v) is 2.91. The van der Waals surface area contributed by atoms with Gasteiger partial charge in [0.05, 0.1) is 4.88 Å². The average molecular weight is 313 g/mol. The zero-order valence-electron chi connectivity index (χ0n) is 11.4. The van der Waals surface area contributed by atoms with E-state index in [1.165, 1.54) is 11.3 Å². The second-order valence-electron chi connectivity index (χ2n) is 4.22. The van der Waals surface area contributed by atoms with Gasteiger partial charge in [0, 0.05) is 13.0 Å². The van der Waals surface area contributed by atoms with E-state index in [1.54, 1.807) is 4.57 Å². The first-order valence-corrected chi connectivity index (χ1v) is 7.74. The van der Waals surface area contributed by atoms with Crippen molar-refractivity contribution in [1.29, 1.82) is 0 Å². The van der Waals surface area contributed by atoms with E-state index in [9.17, 15) is 9.90 Å². The van der Waals surface area contributed by atoms with E-state index in [4.69, 9.17) is 17.3 Å². The molecule has 110 valence electrons. The predicted octanol–water partition coefficient (Wildman–Crippen LogP) is 4.22. The molecule has 0 amide bonds. The first-order valence-electron chi connectivity index (χ1n) is 6.52. The zero-order chi connectivity index (χ0) is 15.0. The number of aromatic nitrogens is 1. The van der Waals surface area contributed by atoms with Crippen molar-refractivity contribution in [3.63, 3.8) is 0 Å². The second kappa shape index (κ2) is 8.71. The van der Waals surface area contributed by atoms with Crippen LogP contribution >= 0.6 is 23.6 Å². The molecular weight excluding hydrogens is 294 g/mol. The summed E-state index contributed by atoms with van der Waals surface area (Å²) in [6.45, 7) is 2.51. The highest BCUT2D eigenvalue weighted by atomic mass is 32.1. The van der Waals surface area contributed by atoms with Crippen molar-refractivity contribution in [3.05, 3.63) is 27.1 Å². The summed E-state index contributed by atoms with van der Waals surface area (Å²) in [6.07, 6.45) is 10.3. The summed E-state index contributed by atoms with van der Waals surface area (Å²) in [4.78, 5) is 11.2. The van der Waals surface area contributed by atoms with Gasteiger partial charge in [0.15, 0.2) is 3.95 Å². The van der Waals surface area contributed by atoms with E-state index in [1.807, 2.05) is 12.2 Å². The Hall–Kier alpha value is -1.40. The maximum atomic E-state index is 10.5. The third kappa shape index (κ3) is 5.30. The summed E-state index contributed by atoms with van der Waals surface area (Å²) in [6, 6.07) is 0. The molecule has 1 aromatic rings. The smallest absolute Gasteiger partial charge is 0.303 e. The maximum Gasteiger partial charge on any atom is 0.303 e. The molecule has 0 aromatic carbocycles. The highest BCUT2D eigenvalue weighted by molar-refractivity contribution is 7.73. The highest BCUT2D eigenvalue weighted by Crippen LogP contribution is 2.27. The Morgan fingerprint density at radius 2 is 2.15 bits per heavy atom. The molecule has 0 spiro atoms. The van der Waals surface area contributed by atoms with Gasteiger partial charge in [-0.15, -0.1) is 11.3 Å². The molecule has 0 radical (unpaired) electrons. The predicted molar refractivity (Wildman–Crippen MR) is 84.8 cm³/mol. The third-order valence-corrected chi connectivity index (χ3v) is 4.01. The van der Waals surface area contributed by atoms with Crippen LogP contribution in [0.3, 0.4) is 0 Å². The second-order valence-corrected chi connectivity index (χ2v) is 5.90. The largest absolute Gasteiger partial charge is 0.493 e. The van der Waals surface area contributed by atoms with Crippen LogP contribution in [0.2, 0.25) is 0 Å². The van der Waals surface area contributed by atoms with Crippen LogP contribution in [0, 0.1) is 3.95 Å². The van der Waals surface area contributed by atoms with Crippen molar-refractivity contribution in [1.82, 2.24) is 4.57 Å². The zero-order valence-corrected chi connectivity index (χ0v) is 13.0. The van der Waals surface area contributed by atoms with Crippen LogP contribution in [-0.4, -0.2) is 20.7 Å². The van der Waals surface area contributed by atoms with Gasteiger partial charge in [-0.25, -0.2) is 0 Å². The van der Waals surface area contributed by atoms with Gasteiger partial charge in [-0.1, -0.05) is 25.2 Å². The molecule has 1 rings (SSSR count). The number of hydrogen-bond donors (Lipinski definition) is 2. The normalized spacial score (nSPS) is 11.7. The minimum atomic E-state index is -0.839. The number of nitrogens with zero attached hydrogens (tertiary/aromatic N) is 1. The van der Waals surface area contributed by atoms with Gasteiger partial charge in [0.2, 0.25) is 5.88 Å². The van der Waals surface area contributed by atoms with Crippen LogP contribution in [0.5, 0.6) is 5.88 Å². The number of aromatic hydroxyl groups is 1. The van der Waals surface area contributed by atoms with Crippen molar-refractivity contribution < 1.29 is 15.0 Å². The molecule has 0 atom stereocenters. The molecule has 2 N–H and O–H groups in total. The molecule has 0 bridgehead atoms. The van der Waals surface area contributed by atoms with Crippen molar-refractivity contribution in [3.8, 4) is 5.88 Å². The Morgan fingerprint density at radius 1 is 1.40 bits per heavy atom.